The van der Waals surface area contributed by atoms with Crippen LogP contribution in [0.4, 0.5) is 8.78 Å². The Bertz CT molecular complexity index is 797. The Morgan fingerprint density at radius 1 is 1.22 bits per heavy atom. The predicted octanol–water partition coefficient (Wildman–Crippen LogP) is 3.52. The summed E-state index contributed by atoms with van der Waals surface area (Å²) in [5, 5.41) is 3.76. The molecule has 0 unspecified atom stereocenters. The van der Waals surface area contributed by atoms with Crippen LogP contribution in [0.1, 0.15) is 18.1 Å². The van der Waals surface area contributed by atoms with E-state index >= 15 is 0 Å². The Hall–Kier alpha value is -3.16. The number of amides is 1. The normalized spacial score (nSPS) is 10.9. The largest absolute Gasteiger partial charge is 0.490 e. The Labute approximate surface area is 155 Å². The summed E-state index contributed by atoms with van der Waals surface area (Å²) >= 11 is 0. The zero-order valence-corrected chi connectivity index (χ0v) is 14.9. The Balaban J connectivity index is 1.98. The summed E-state index contributed by atoms with van der Waals surface area (Å²) < 4.78 is 40.4. The first kappa shape index (κ1) is 20.2. The van der Waals surface area contributed by atoms with Crippen molar-refractivity contribution in [2.24, 2.45) is 5.10 Å². The molecule has 2 aromatic rings. The number of para-hydroxylation sites is 1. The zero-order valence-electron chi connectivity index (χ0n) is 14.9. The molecule has 0 aliphatic rings. The summed E-state index contributed by atoms with van der Waals surface area (Å²) in [5.41, 5.74) is 3.51. The molecular weight excluding hydrogens is 358 g/mol. The maximum absolute atomic E-state index is 12.7. The third kappa shape index (κ3) is 6.58. The Kier molecular flexibility index (Phi) is 7.54. The lowest BCUT2D eigenvalue weighted by molar-refractivity contribution is -0.123. The van der Waals surface area contributed by atoms with Gasteiger partial charge in [0.2, 0.25) is 0 Å². The van der Waals surface area contributed by atoms with E-state index in [1.165, 1.54) is 18.3 Å². The number of aryl methyl sites for hydroxylation is 1. The molecule has 1 amide bonds. The number of benzene rings is 2. The molecule has 6 nitrogen and oxygen atoms in total. The molecule has 0 atom stereocenters. The van der Waals surface area contributed by atoms with Crippen LogP contribution in [0.3, 0.4) is 0 Å². The second-order valence-corrected chi connectivity index (χ2v) is 5.38. The number of nitrogens with one attached hydrogen (secondary N) is 1. The van der Waals surface area contributed by atoms with Crippen molar-refractivity contribution in [3.8, 4) is 17.2 Å². The Morgan fingerprint density at radius 2 is 2.00 bits per heavy atom. The molecule has 27 heavy (non-hydrogen) atoms. The topological polar surface area (TPSA) is 69.2 Å². The number of alkyl halides is 2. The lowest BCUT2D eigenvalue weighted by Crippen LogP contribution is -2.24. The summed E-state index contributed by atoms with van der Waals surface area (Å²) in [6.45, 7) is 0.664. The molecule has 0 fully saturated rings. The molecule has 0 saturated carbocycles. The molecule has 2 rings (SSSR count). The highest BCUT2D eigenvalue weighted by molar-refractivity contribution is 5.86. The molecule has 0 saturated heterocycles. The van der Waals surface area contributed by atoms with Crippen LogP contribution >= 0.6 is 0 Å². The van der Waals surface area contributed by atoms with Crippen molar-refractivity contribution in [1.29, 1.82) is 0 Å². The number of hydrogen-bond donors (Lipinski definition) is 1. The van der Waals surface area contributed by atoms with Crippen LogP contribution < -0.4 is 19.6 Å². The van der Waals surface area contributed by atoms with Gasteiger partial charge < -0.3 is 14.2 Å². The summed E-state index contributed by atoms with van der Waals surface area (Å²) in [6, 6.07) is 11.9. The molecule has 0 aliphatic carbocycles. The number of halogens is 2. The van der Waals surface area contributed by atoms with E-state index in [1.54, 1.807) is 25.1 Å². The molecule has 0 aromatic heterocycles. The number of hydrazone groups is 1. The molecule has 0 spiro atoms. The third-order valence-electron chi connectivity index (χ3n) is 3.27. The lowest BCUT2D eigenvalue weighted by atomic mass is 10.2. The van der Waals surface area contributed by atoms with Gasteiger partial charge in [0.05, 0.1) is 12.8 Å². The molecule has 0 aliphatic heterocycles. The minimum Gasteiger partial charge on any atom is -0.490 e. The summed E-state index contributed by atoms with van der Waals surface area (Å²) in [7, 11) is 0. The highest BCUT2D eigenvalue weighted by Gasteiger charge is 2.14. The van der Waals surface area contributed by atoms with E-state index in [-0.39, 0.29) is 30.3 Å². The number of carbonyl (C=O) groups is 1. The minimum atomic E-state index is -3.02. The lowest BCUT2D eigenvalue weighted by Gasteiger charge is -2.13. The fourth-order valence-electron chi connectivity index (χ4n) is 2.18. The van der Waals surface area contributed by atoms with Gasteiger partial charge in [0.25, 0.3) is 5.91 Å². The van der Waals surface area contributed by atoms with E-state index in [1.807, 2.05) is 19.1 Å². The van der Waals surface area contributed by atoms with Crippen molar-refractivity contribution in [2.45, 2.75) is 20.5 Å². The molecule has 1 N–H and O–H groups in total. The van der Waals surface area contributed by atoms with E-state index in [9.17, 15) is 13.6 Å². The second kappa shape index (κ2) is 10.1. The molecule has 144 valence electrons. The highest BCUT2D eigenvalue weighted by atomic mass is 19.3. The maximum atomic E-state index is 12.7. The fourth-order valence-corrected chi connectivity index (χ4v) is 2.18. The van der Waals surface area contributed by atoms with Crippen LogP contribution in [-0.2, 0) is 4.79 Å². The predicted molar refractivity (Wildman–Crippen MR) is 96.7 cm³/mol. The molecular formula is C19H20F2N2O4. The van der Waals surface area contributed by atoms with Crippen LogP contribution in [0, 0.1) is 6.92 Å². The van der Waals surface area contributed by atoms with Gasteiger partial charge in [-0.15, -0.1) is 0 Å². The smallest absolute Gasteiger partial charge is 0.387 e. The number of ether oxygens (including phenoxy) is 3. The van der Waals surface area contributed by atoms with Gasteiger partial charge in [-0.2, -0.15) is 13.9 Å². The van der Waals surface area contributed by atoms with Gasteiger partial charge in [-0.05, 0) is 43.7 Å². The number of carbonyl (C=O) groups excluding carboxylic acids is 1. The van der Waals surface area contributed by atoms with Crippen LogP contribution in [0.2, 0.25) is 0 Å². The van der Waals surface area contributed by atoms with Crippen molar-refractivity contribution in [3.05, 3.63) is 53.6 Å². The van der Waals surface area contributed by atoms with Gasteiger partial charge >= 0.3 is 6.61 Å². The standard InChI is InChI=1S/C19H20F2N2O4/c1-3-25-16-9-5-7-14(18(16)27-19(20)21)11-22-23-17(24)12-26-15-8-4-6-13(2)10-15/h4-11,19H,3,12H2,1-2H3,(H,23,24)/b22-11-. The first-order valence-electron chi connectivity index (χ1n) is 8.21. The van der Waals surface area contributed by atoms with Gasteiger partial charge in [0.15, 0.2) is 18.1 Å². The SMILES string of the molecule is CCOc1cccc(/C=N\NC(=O)COc2cccc(C)c2)c1OC(F)F. The zero-order chi connectivity index (χ0) is 19.6. The van der Waals surface area contributed by atoms with E-state index in [0.717, 1.165) is 5.56 Å². The van der Waals surface area contributed by atoms with Crippen molar-refractivity contribution < 1.29 is 27.8 Å². The van der Waals surface area contributed by atoms with Crippen molar-refractivity contribution in [2.75, 3.05) is 13.2 Å². The first-order valence-corrected chi connectivity index (χ1v) is 8.21. The first-order chi connectivity index (χ1) is 13.0. The Morgan fingerprint density at radius 3 is 2.70 bits per heavy atom. The average Bonchev–Trinajstić information content (AvgIpc) is 2.62. The number of rotatable bonds is 9. The van der Waals surface area contributed by atoms with Crippen molar-refractivity contribution in [1.82, 2.24) is 5.43 Å². The van der Waals surface area contributed by atoms with Crippen molar-refractivity contribution in [3.63, 3.8) is 0 Å². The van der Waals surface area contributed by atoms with Gasteiger partial charge in [0, 0.05) is 5.56 Å². The van der Waals surface area contributed by atoms with Gasteiger partial charge in [0.1, 0.15) is 5.75 Å². The van der Waals surface area contributed by atoms with Crippen LogP contribution in [0.15, 0.2) is 47.6 Å². The van der Waals surface area contributed by atoms with Gasteiger partial charge in [-0.1, -0.05) is 18.2 Å². The minimum absolute atomic E-state index is 0.150. The highest BCUT2D eigenvalue weighted by Crippen LogP contribution is 2.31. The number of nitrogens with zero attached hydrogens (tertiary/aromatic N) is 1. The van der Waals surface area contributed by atoms with Crippen LogP contribution in [0.5, 0.6) is 17.2 Å². The molecule has 2 aromatic carbocycles. The summed E-state index contributed by atoms with van der Waals surface area (Å²) in [4.78, 5) is 11.8. The number of hydrogen-bond acceptors (Lipinski definition) is 5. The molecule has 0 heterocycles. The van der Waals surface area contributed by atoms with Crippen molar-refractivity contribution >= 4 is 12.1 Å². The monoisotopic (exact) mass is 378 g/mol. The summed E-state index contributed by atoms with van der Waals surface area (Å²) in [6.07, 6.45) is 1.20. The fraction of sp³-hybridized carbons (Fsp3) is 0.263. The van der Waals surface area contributed by atoms with Gasteiger partial charge in [-0.25, -0.2) is 5.43 Å². The van der Waals surface area contributed by atoms with Gasteiger partial charge in [-0.3, -0.25) is 4.79 Å². The van der Waals surface area contributed by atoms with Crippen LogP contribution in [-0.4, -0.2) is 31.9 Å². The average molecular weight is 378 g/mol. The van der Waals surface area contributed by atoms with E-state index < -0.39 is 12.5 Å². The van der Waals surface area contributed by atoms with E-state index in [4.69, 9.17) is 9.47 Å². The third-order valence-corrected chi connectivity index (χ3v) is 3.27. The summed E-state index contributed by atoms with van der Waals surface area (Å²) in [5.74, 6) is 0.0791. The quantitative estimate of drug-likeness (QED) is 0.535. The van der Waals surface area contributed by atoms with E-state index in [0.29, 0.717) is 5.75 Å². The molecule has 8 heteroatoms. The van der Waals surface area contributed by atoms with Crippen LogP contribution in [0.25, 0.3) is 0 Å². The van der Waals surface area contributed by atoms with E-state index in [2.05, 4.69) is 15.3 Å². The second-order valence-electron chi connectivity index (χ2n) is 5.38. The molecule has 0 radical (unpaired) electrons. The molecule has 0 bridgehead atoms. The maximum Gasteiger partial charge on any atom is 0.387 e.